The van der Waals surface area contributed by atoms with Gasteiger partial charge >= 0.3 is 0 Å². The summed E-state index contributed by atoms with van der Waals surface area (Å²) in [6.45, 7) is 2.08. The molecule has 1 atom stereocenters. The molecule has 1 aliphatic carbocycles. The van der Waals surface area contributed by atoms with Gasteiger partial charge in [-0.1, -0.05) is 25.1 Å². The summed E-state index contributed by atoms with van der Waals surface area (Å²) in [6.07, 6.45) is 4.38. The van der Waals surface area contributed by atoms with Crippen molar-refractivity contribution in [3.05, 3.63) is 64.7 Å². The summed E-state index contributed by atoms with van der Waals surface area (Å²) in [5, 5.41) is 10.8. The highest BCUT2D eigenvalue weighted by atomic mass is 19.1. The summed E-state index contributed by atoms with van der Waals surface area (Å²) >= 11 is 0. The van der Waals surface area contributed by atoms with Gasteiger partial charge in [-0.05, 0) is 48.1 Å². The number of hydrogen-bond acceptors (Lipinski definition) is 2. The molecule has 104 valence electrons. The number of halogens is 1. The van der Waals surface area contributed by atoms with Crippen LogP contribution in [0.4, 0.5) is 4.39 Å². The van der Waals surface area contributed by atoms with E-state index in [9.17, 15) is 9.50 Å². The van der Waals surface area contributed by atoms with Crippen LogP contribution in [0, 0.1) is 5.82 Å². The van der Waals surface area contributed by atoms with Crippen molar-refractivity contribution in [2.75, 3.05) is 0 Å². The summed E-state index contributed by atoms with van der Waals surface area (Å²) in [4.78, 5) is 4.40. The molecule has 0 amide bonds. The van der Waals surface area contributed by atoms with Gasteiger partial charge in [-0.2, -0.15) is 0 Å². The van der Waals surface area contributed by atoms with Crippen LogP contribution in [0.2, 0.25) is 0 Å². The number of aromatic nitrogens is 1. The Kier molecular flexibility index (Phi) is 3.30. The van der Waals surface area contributed by atoms with Gasteiger partial charge in [-0.25, -0.2) is 4.39 Å². The van der Waals surface area contributed by atoms with Gasteiger partial charge in [0, 0.05) is 18.3 Å². The second-order valence-electron chi connectivity index (χ2n) is 5.49. The standard InChI is InChI=1S/C17H18FNO/c1-2-12-6-7-13(19-11-12)10-17(20)9-8-14-15(17)4-3-5-16(14)18/h3-7,11,20H,2,8-10H2,1H3. The molecule has 3 rings (SSSR count). The predicted molar refractivity (Wildman–Crippen MR) is 75.9 cm³/mol. The van der Waals surface area contributed by atoms with Gasteiger partial charge in [-0.15, -0.1) is 0 Å². The highest BCUT2D eigenvalue weighted by molar-refractivity contribution is 5.39. The van der Waals surface area contributed by atoms with Gasteiger partial charge in [0.1, 0.15) is 5.82 Å². The third kappa shape index (κ3) is 2.22. The van der Waals surface area contributed by atoms with Gasteiger partial charge in [0.15, 0.2) is 0 Å². The number of nitrogens with zero attached hydrogens (tertiary/aromatic N) is 1. The highest BCUT2D eigenvalue weighted by Gasteiger charge is 2.38. The Labute approximate surface area is 118 Å². The van der Waals surface area contributed by atoms with Crippen molar-refractivity contribution in [2.45, 2.75) is 38.2 Å². The smallest absolute Gasteiger partial charge is 0.126 e. The number of pyridine rings is 1. The van der Waals surface area contributed by atoms with Crippen molar-refractivity contribution in [3.8, 4) is 0 Å². The lowest BCUT2D eigenvalue weighted by atomic mass is 9.90. The molecule has 0 fully saturated rings. The summed E-state index contributed by atoms with van der Waals surface area (Å²) in [5.41, 5.74) is 2.41. The van der Waals surface area contributed by atoms with Crippen LogP contribution in [-0.4, -0.2) is 10.1 Å². The molecule has 0 bridgehead atoms. The van der Waals surface area contributed by atoms with Crippen molar-refractivity contribution >= 4 is 0 Å². The molecule has 2 nitrogen and oxygen atoms in total. The Balaban J connectivity index is 1.89. The zero-order chi connectivity index (χ0) is 14.2. The van der Waals surface area contributed by atoms with Crippen molar-refractivity contribution in [3.63, 3.8) is 0 Å². The van der Waals surface area contributed by atoms with Gasteiger partial charge in [0.25, 0.3) is 0 Å². The van der Waals surface area contributed by atoms with E-state index in [-0.39, 0.29) is 5.82 Å². The van der Waals surface area contributed by atoms with E-state index in [1.54, 1.807) is 6.07 Å². The first-order chi connectivity index (χ1) is 9.62. The van der Waals surface area contributed by atoms with E-state index in [1.165, 1.54) is 11.6 Å². The van der Waals surface area contributed by atoms with Crippen LogP contribution in [0.15, 0.2) is 36.5 Å². The molecule has 2 aromatic rings. The second kappa shape index (κ2) is 4.98. The van der Waals surface area contributed by atoms with Crippen LogP contribution in [-0.2, 0) is 24.9 Å². The minimum absolute atomic E-state index is 0.215. The van der Waals surface area contributed by atoms with E-state index in [1.807, 2.05) is 24.4 Å². The summed E-state index contributed by atoms with van der Waals surface area (Å²) < 4.78 is 13.7. The van der Waals surface area contributed by atoms with E-state index in [0.29, 0.717) is 24.8 Å². The van der Waals surface area contributed by atoms with Crippen LogP contribution in [0.1, 0.15) is 35.7 Å². The molecule has 0 saturated heterocycles. The van der Waals surface area contributed by atoms with Crippen LogP contribution < -0.4 is 0 Å². The minimum atomic E-state index is -0.988. The molecule has 1 unspecified atom stereocenters. The Morgan fingerprint density at radius 1 is 1.30 bits per heavy atom. The molecular formula is C17H18FNO. The van der Waals surface area contributed by atoms with Gasteiger partial charge < -0.3 is 5.11 Å². The maximum absolute atomic E-state index is 13.7. The van der Waals surface area contributed by atoms with Crippen molar-refractivity contribution in [2.24, 2.45) is 0 Å². The van der Waals surface area contributed by atoms with Gasteiger partial charge in [0.2, 0.25) is 0 Å². The van der Waals surface area contributed by atoms with E-state index < -0.39 is 5.60 Å². The molecule has 20 heavy (non-hydrogen) atoms. The molecule has 1 heterocycles. The number of benzene rings is 1. The van der Waals surface area contributed by atoms with Crippen LogP contribution in [0.25, 0.3) is 0 Å². The zero-order valence-corrected chi connectivity index (χ0v) is 11.6. The molecule has 1 aromatic heterocycles. The van der Waals surface area contributed by atoms with Gasteiger partial charge in [0.05, 0.1) is 5.60 Å². The van der Waals surface area contributed by atoms with Crippen molar-refractivity contribution in [1.82, 2.24) is 4.98 Å². The highest BCUT2D eigenvalue weighted by Crippen LogP contribution is 2.40. The van der Waals surface area contributed by atoms with E-state index in [2.05, 4.69) is 11.9 Å². The normalized spacial score (nSPS) is 20.9. The molecule has 0 saturated carbocycles. The Bertz CT molecular complexity index is 623. The summed E-state index contributed by atoms with van der Waals surface area (Å²) in [7, 11) is 0. The average Bonchev–Trinajstić information content (AvgIpc) is 2.79. The second-order valence-corrected chi connectivity index (χ2v) is 5.49. The van der Waals surface area contributed by atoms with Crippen LogP contribution in [0.3, 0.4) is 0 Å². The molecule has 3 heteroatoms. The number of rotatable bonds is 3. The van der Waals surface area contributed by atoms with E-state index >= 15 is 0 Å². The quantitative estimate of drug-likeness (QED) is 0.930. The van der Waals surface area contributed by atoms with Crippen molar-refractivity contribution < 1.29 is 9.50 Å². The number of aryl methyl sites for hydroxylation is 1. The van der Waals surface area contributed by atoms with Gasteiger partial charge in [-0.3, -0.25) is 4.98 Å². The molecule has 1 N–H and O–H groups in total. The Morgan fingerprint density at radius 2 is 2.15 bits per heavy atom. The van der Waals surface area contributed by atoms with E-state index in [0.717, 1.165) is 17.7 Å². The minimum Gasteiger partial charge on any atom is -0.385 e. The Hall–Kier alpha value is -1.74. The average molecular weight is 271 g/mol. The van der Waals surface area contributed by atoms with Crippen molar-refractivity contribution in [1.29, 1.82) is 0 Å². The topological polar surface area (TPSA) is 33.1 Å². The summed E-state index contributed by atoms with van der Waals surface area (Å²) in [6, 6.07) is 8.93. The Morgan fingerprint density at radius 3 is 2.85 bits per heavy atom. The lowest BCUT2D eigenvalue weighted by Gasteiger charge is -2.23. The number of fused-ring (bicyclic) bond motifs is 1. The fourth-order valence-electron chi connectivity index (χ4n) is 2.97. The number of hydrogen-bond donors (Lipinski definition) is 1. The fraction of sp³-hybridized carbons (Fsp3) is 0.353. The largest absolute Gasteiger partial charge is 0.385 e. The predicted octanol–water partition coefficient (Wildman–Crippen LogP) is 3.16. The molecule has 0 spiro atoms. The third-order valence-electron chi connectivity index (χ3n) is 4.18. The summed E-state index contributed by atoms with van der Waals surface area (Å²) in [5.74, 6) is -0.215. The third-order valence-corrected chi connectivity index (χ3v) is 4.18. The first kappa shape index (κ1) is 13.3. The van der Waals surface area contributed by atoms with Crippen LogP contribution in [0.5, 0.6) is 0 Å². The molecule has 0 aliphatic heterocycles. The number of aliphatic hydroxyl groups is 1. The molecule has 1 aromatic carbocycles. The monoisotopic (exact) mass is 271 g/mol. The SMILES string of the molecule is CCc1ccc(CC2(O)CCc3c(F)cccc32)nc1. The van der Waals surface area contributed by atoms with E-state index in [4.69, 9.17) is 0 Å². The maximum atomic E-state index is 13.7. The molecule has 0 radical (unpaired) electrons. The molecular weight excluding hydrogens is 253 g/mol. The maximum Gasteiger partial charge on any atom is 0.126 e. The van der Waals surface area contributed by atoms with Crippen LogP contribution >= 0.6 is 0 Å². The first-order valence-corrected chi connectivity index (χ1v) is 7.06. The lowest BCUT2D eigenvalue weighted by Crippen LogP contribution is -2.26. The molecule has 1 aliphatic rings. The zero-order valence-electron chi connectivity index (χ0n) is 11.6. The lowest BCUT2D eigenvalue weighted by molar-refractivity contribution is 0.0379. The fourth-order valence-corrected chi connectivity index (χ4v) is 2.97. The first-order valence-electron chi connectivity index (χ1n) is 7.06.